The van der Waals surface area contributed by atoms with Crippen molar-refractivity contribution in [1.29, 1.82) is 0 Å². The van der Waals surface area contributed by atoms with Crippen LogP contribution in [0.15, 0.2) is 24.5 Å². The van der Waals surface area contributed by atoms with Gasteiger partial charge in [0.2, 0.25) is 0 Å². The summed E-state index contributed by atoms with van der Waals surface area (Å²) in [5.41, 5.74) is 1.00. The maximum absolute atomic E-state index is 10.7. The van der Waals surface area contributed by atoms with Gasteiger partial charge >= 0.3 is 5.97 Å². The molecule has 0 saturated carbocycles. The van der Waals surface area contributed by atoms with Crippen LogP contribution in [0.1, 0.15) is 31.7 Å². The fraction of sp³-hybridized carbons (Fsp3) is 0.455. The van der Waals surface area contributed by atoms with Crippen LogP contribution in [-0.4, -0.2) is 16.1 Å². The summed E-state index contributed by atoms with van der Waals surface area (Å²) in [6, 6.07) is 3.77. The van der Waals surface area contributed by atoms with Gasteiger partial charge in [0.05, 0.1) is 6.42 Å². The molecular weight excluding hydrogens is 178 g/mol. The third-order valence-electron chi connectivity index (χ3n) is 2.31. The summed E-state index contributed by atoms with van der Waals surface area (Å²) in [4.78, 5) is 14.7. The minimum absolute atomic E-state index is 0.0567. The minimum atomic E-state index is -0.757. The first-order valence-electron chi connectivity index (χ1n) is 4.73. The Hall–Kier alpha value is -1.38. The number of carbonyl (C=O) groups is 1. The number of nitrogens with zero attached hydrogens (tertiary/aromatic N) is 1. The van der Waals surface area contributed by atoms with E-state index >= 15 is 0 Å². The van der Waals surface area contributed by atoms with Crippen LogP contribution in [0.25, 0.3) is 0 Å². The van der Waals surface area contributed by atoms with Crippen molar-refractivity contribution in [3.8, 4) is 0 Å². The summed E-state index contributed by atoms with van der Waals surface area (Å²) >= 11 is 0. The molecule has 0 aromatic carbocycles. The Bertz CT molecular complexity index is 295. The molecule has 3 heteroatoms. The molecule has 0 spiro atoms. The van der Waals surface area contributed by atoms with Crippen LogP contribution in [0.4, 0.5) is 0 Å². The minimum Gasteiger partial charge on any atom is -0.481 e. The van der Waals surface area contributed by atoms with Gasteiger partial charge in [-0.25, -0.2) is 0 Å². The highest BCUT2D eigenvalue weighted by Crippen LogP contribution is 2.26. The molecule has 0 radical (unpaired) electrons. The van der Waals surface area contributed by atoms with E-state index in [1.807, 2.05) is 26.0 Å². The lowest BCUT2D eigenvalue weighted by atomic mass is 9.87. The second-order valence-electron chi connectivity index (χ2n) is 3.73. The van der Waals surface area contributed by atoms with Crippen LogP contribution in [-0.2, 0) is 4.79 Å². The van der Waals surface area contributed by atoms with Crippen molar-refractivity contribution >= 4 is 5.97 Å². The smallest absolute Gasteiger partial charge is 0.303 e. The molecule has 1 unspecified atom stereocenters. The summed E-state index contributed by atoms with van der Waals surface area (Å²) in [6.07, 6.45) is 3.61. The van der Waals surface area contributed by atoms with Crippen molar-refractivity contribution in [3.05, 3.63) is 30.1 Å². The number of hydrogen-bond donors (Lipinski definition) is 1. The number of carboxylic acid groups (broad SMARTS) is 1. The molecule has 14 heavy (non-hydrogen) atoms. The van der Waals surface area contributed by atoms with Crippen LogP contribution in [0, 0.1) is 5.92 Å². The van der Waals surface area contributed by atoms with Crippen molar-refractivity contribution in [3.63, 3.8) is 0 Å². The van der Waals surface area contributed by atoms with Crippen molar-refractivity contribution < 1.29 is 9.90 Å². The summed E-state index contributed by atoms with van der Waals surface area (Å²) in [5.74, 6) is -0.385. The predicted octanol–water partition coefficient (Wildman–Crippen LogP) is 2.30. The summed E-state index contributed by atoms with van der Waals surface area (Å²) in [6.45, 7) is 4.06. The molecule has 0 fully saturated rings. The lowest BCUT2D eigenvalue weighted by Gasteiger charge is -2.18. The van der Waals surface area contributed by atoms with Gasteiger partial charge in [-0.1, -0.05) is 19.9 Å². The molecule has 0 aliphatic heterocycles. The first-order chi connectivity index (χ1) is 6.61. The van der Waals surface area contributed by atoms with Crippen molar-refractivity contribution in [2.75, 3.05) is 0 Å². The average Bonchev–Trinajstić information content (AvgIpc) is 2.15. The number of rotatable bonds is 4. The number of hydrogen-bond acceptors (Lipinski definition) is 2. The fourth-order valence-electron chi connectivity index (χ4n) is 1.52. The standard InChI is InChI=1S/C11H15NO2/c1-8(2)10(6-11(13)14)9-4-3-5-12-7-9/h3-5,7-8,10H,6H2,1-2H3,(H,13,14). The van der Waals surface area contributed by atoms with Gasteiger partial charge in [-0.05, 0) is 23.5 Å². The second-order valence-corrected chi connectivity index (χ2v) is 3.73. The number of aromatic nitrogens is 1. The molecule has 0 aliphatic carbocycles. The van der Waals surface area contributed by atoms with E-state index in [1.165, 1.54) is 0 Å². The van der Waals surface area contributed by atoms with E-state index in [9.17, 15) is 4.79 Å². The van der Waals surface area contributed by atoms with Gasteiger partial charge in [-0.3, -0.25) is 9.78 Å². The van der Waals surface area contributed by atoms with Crippen LogP contribution < -0.4 is 0 Å². The van der Waals surface area contributed by atoms with E-state index in [2.05, 4.69) is 4.98 Å². The monoisotopic (exact) mass is 193 g/mol. The SMILES string of the molecule is CC(C)C(CC(=O)O)c1cccnc1. The number of pyridine rings is 1. The molecular formula is C11H15NO2. The maximum atomic E-state index is 10.7. The molecule has 3 nitrogen and oxygen atoms in total. The Kier molecular flexibility index (Phi) is 3.63. The Morgan fingerprint density at radius 3 is 2.71 bits per heavy atom. The zero-order valence-corrected chi connectivity index (χ0v) is 8.47. The van der Waals surface area contributed by atoms with Gasteiger partial charge in [0, 0.05) is 12.4 Å². The third kappa shape index (κ3) is 2.83. The Morgan fingerprint density at radius 1 is 1.57 bits per heavy atom. The van der Waals surface area contributed by atoms with Gasteiger partial charge in [-0.2, -0.15) is 0 Å². The fourth-order valence-corrected chi connectivity index (χ4v) is 1.52. The molecule has 1 N–H and O–H groups in total. The summed E-state index contributed by atoms with van der Waals surface area (Å²) in [5, 5.41) is 8.77. The topological polar surface area (TPSA) is 50.2 Å². The predicted molar refractivity (Wildman–Crippen MR) is 54.1 cm³/mol. The van der Waals surface area contributed by atoms with Crippen molar-refractivity contribution in [2.24, 2.45) is 5.92 Å². The van der Waals surface area contributed by atoms with E-state index < -0.39 is 5.97 Å². The maximum Gasteiger partial charge on any atom is 0.303 e. The molecule has 1 aromatic rings. The average molecular weight is 193 g/mol. The Labute approximate surface area is 83.8 Å². The third-order valence-corrected chi connectivity index (χ3v) is 2.31. The highest BCUT2D eigenvalue weighted by Gasteiger charge is 2.18. The van der Waals surface area contributed by atoms with Crippen LogP contribution in [0.3, 0.4) is 0 Å². The molecule has 76 valence electrons. The second kappa shape index (κ2) is 4.74. The van der Waals surface area contributed by atoms with Gasteiger partial charge in [-0.15, -0.1) is 0 Å². The number of carboxylic acids is 1. The van der Waals surface area contributed by atoms with Gasteiger partial charge in [0.1, 0.15) is 0 Å². The van der Waals surface area contributed by atoms with Crippen molar-refractivity contribution in [1.82, 2.24) is 4.98 Å². The zero-order valence-electron chi connectivity index (χ0n) is 8.47. The molecule has 1 rings (SSSR count). The van der Waals surface area contributed by atoms with Crippen molar-refractivity contribution in [2.45, 2.75) is 26.2 Å². The highest BCUT2D eigenvalue weighted by atomic mass is 16.4. The van der Waals surface area contributed by atoms with E-state index in [-0.39, 0.29) is 12.3 Å². The molecule has 0 bridgehead atoms. The van der Waals surface area contributed by atoms with Gasteiger partial charge < -0.3 is 5.11 Å². The van der Waals surface area contributed by atoms with Crippen LogP contribution in [0.5, 0.6) is 0 Å². The summed E-state index contributed by atoms with van der Waals surface area (Å²) in [7, 11) is 0. The normalized spacial score (nSPS) is 12.8. The first-order valence-corrected chi connectivity index (χ1v) is 4.73. The number of aliphatic carboxylic acids is 1. The lowest BCUT2D eigenvalue weighted by molar-refractivity contribution is -0.137. The zero-order chi connectivity index (χ0) is 10.6. The highest BCUT2D eigenvalue weighted by molar-refractivity contribution is 5.68. The first kappa shape index (κ1) is 10.7. The molecule has 0 amide bonds. The molecule has 0 aliphatic rings. The van der Waals surface area contributed by atoms with E-state index in [0.29, 0.717) is 5.92 Å². The van der Waals surface area contributed by atoms with Gasteiger partial charge in [0.25, 0.3) is 0 Å². The molecule has 1 aromatic heterocycles. The van der Waals surface area contributed by atoms with Crippen LogP contribution >= 0.6 is 0 Å². The molecule has 0 saturated heterocycles. The molecule has 1 atom stereocenters. The summed E-state index contributed by atoms with van der Waals surface area (Å²) < 4.78 is 0. The largest absolute Gasteiger partial charge is 0.481 e. The van der Waals surface area contributed by atoms with Gasteiger partial charge in [0.15, 0.2) is 0 Å². The van der Waals surface area contributed by atoms with Crippen LogP contribution in [0.2, 0.25) is 0 Å². The Morgan fingerprint density at radius 2 is 2.29 bits per heavy atom. The van der Waals surface area contributed by atoms with E-state index in [0.717, 1.165) is 5.56 Å². The quantitative estimate of drug-likeness (QED) is 0.798. The lowest BCUT2D eigenvalue weighted by Crippen LogP contribution is -2.12. The van der Waals surface area contributed by atoms with E-state index in [4.69, 9.17) is 5.11 Å². The van der Waals surface area contributed by atoms with E-state index in [1.54, 1.807) is 12.4 Å². The Balaban J connectivity index is 2.83. The molecule has 1 heterocycles.